The number of nitrogens with two attached hydrogens (primary N) is 1. The largest absolute Gasteiger partial charge is 0.397 e. The lowest BCUT2D eigenvalue weighted by atomic mass is 10.3. The number of hydrogen-bond acceptors (Lipinski definition) is 5. The second kappa shape index (κ2) is 4.54. The lowest BCUT2D eigenvalue weighted by molar-refractivity contribution is 0.0787. The van der Waals surface area contributed by atoms with Gasteiger partial charge in [-0.1, -0.05) is 0 Å². The van der Waals surface area contributed by atoms with Gasteiger partial charge < -0.3 is 10.6 Å². The molecule has 2 aromatic rings. The Kier molecular flexibility index (Phi) is 3.10. The van der Waals surface area contributed by atoms with Crippen LogP contribution in [0.4, 0.5) is 5.69 Å². The van der Waals surface area contributed by atoms with Gasteiger partial charge in [0.15, 0.2) is 5.82 Å². The second-order valence-electron chi connectivity index (χ2n) is 3.70. The number of amides is 1. The number of carbonyl (C=O) groups is 1. The molecule has 0 spiro atoms. The van der Waals surface area contributed by atoms with Gasteiger partial charge in [0.25, 0.3) is 5.91 Å². The molecule has 0 unspecified atom stereocenters. The van der Waals surface area contributed by atoms with Crippen molar-refractivity contribution in [2.45, 2.75) is 13.5 Å². The quantitative estimate of drug-likeness (QED) is 0.852. The number of nitrogens with zero attached hydrogens (tertiary/aromatic N) is 3. The van der Waals surface area contributed by atoms with Gasteiger partial charge in [0.05, 0.1) is 12.2 Å². The van der Waals surface area contributed by atoms with E-state index in [9.17, 15) is 4.79 Å². The number of carbonyl (C=O) groups excluding carboxylic acids is 1. The number of thiophene rings is 1. The molecule has 2 heterocycles. The van der Waals surface area contributed by atoms with Crippen LogP contribution in [0.3, 0.4) is 0 Å². The highest BCUT2D eigenvalue weighted by Gasteiger charge is 2.17. The highest BCUT2D eigenvalue weighted by atomic mass is 32.1. The number of aromatic amines is 1. The molecular weight excluding hydrogens is 238 g/mol. The summed E-state index contributed by atoms with van der Waals surface area (Å²) in [5.41, 5.74) is 6.21. The van der Waals surface area contributed by atoms with E-state index >= 15 is 0 Å². The third-order valence-electron chi connectivity index (χ3n) is 2.26. The first-order valence-electron chi connectivity index (χ1n) is 5.04. The molecular formula is C10H13N5OS. The first kappa shape index (κ1) is 11.6. The Balaban J connectivity index is 2.08. The molecule has 0 saturated carbocycles. The minimum absolute atomic E-state index is 0.111. The Hall–Kier alpha value is -1.89. The van der Waals surface area contributed by atoms with Crippen LogP contribution in [0.2, 0.25) is 0 Å². The number of anilines is 1. The molecule has 7 heteroatoms. The van der Waals surface area contributed by atoms with E-state index in [1.54, 1.807) is 23.4 Å². The summed E-state index contributed by atoms with van der Waals surface area (Å²) in [5.74, 6) is 1.21. The Morgan fingerprint density at radius 1 is 1.65 bits per heavy atom. The molecule has 2 rings (SSSR count). The number of H-pyrrole nitrogens is 1. The molecule has 17 heavy (non-hydrogen) atoms. The summed E-state index contributed by atoms with van der Waals surface area (Å²) in [5, 5.41) is 8.52. The number of nitrogens with one attached hydrogen (secondary N) is 1. The van der Waals surface area contributed by atoms with Gasteiger partial charge in [0.1, 0.15) is 10.7 Å². The zero-order valence-corrected chi connectivity index (χ0v) is 10.4. The number of aromatic nitrogens is 3. The van der Waals surface area contributed by atoms with Crippen molar-refractivity contribution in [3.63, 3.8) is 0 Å². The van der Waals surface area contributed by atoms with Gasteiger partial charge in [0, 0.05) is 7.05 Å². The van der Waals surface area contributed by atoms with Crippen LogP contribution < -0.4 is 5.73 Å². The van der Waals surface area contributed by atoms with Crippen molar-refractivity contribution in [2.75, 3.05) is 12.8 Å². The standard InChI is InChI=1S/C10H13N5OS/c1-6-12-8(14-13-6)5-15(2)10(16)9-7(11)3-4-17-9/h3-4H,5,11H2,1-2H3,(H,12,13,14). The van der Waals surface area contributed by atoms with Crippen molar-refractivity contribution in [3.8, 4) is 0 Å². The van der Waals surface area contributed by atoms with Crippen molar-refractivity contribution in [1.82, 2.24) is 20.1 Å². The molecule has 2 aromatic heterocycles. The average Bonchev–Trinajstić information content (AvgIpc) is 2.86. The van der Waals surface area contributed by atoms with E-state index in [1.807, 2.05) is 6.92 Å². The molecule has 0 fully saturated rings. The summed E-state index contributed by atoms with van der Waals surface area (Å²) < 4.78 is 0. The molecule has 6 nitrogen and oxygen atoms in total. The first-order chi connectivity index (χ1) is 8.08. The fourth-order valence-corrected chi connectivity index (χ4v) is 2.22. The van der Waals surface area contributed by atoms with Crippen LogP contribution in [-0.2, 0) is 6.54 Å². The van der Waals surface area contributed by atoms with Crippen LogP contribution in [0.15, 0.2) is 11.4 Å². The number of aryl methyl sites for hydroxylation is 1. The summed E-state index contributed by atoms with van der Waals surface area (Å²) >= 11 is 1.34. The van der Waals surface area contributed by atoms with Crippen molar-refractivity contribution in [2.24, 2.45) is 0 Å². The predicted molar refractivity (Wildman–Crippen MR) is 65.6 cm³/mol. The smallest absolute Gasteiger partial charge is 0.266 e. The highest BCUT2D eigenvalue weighted by Crippen LogP contribution is 2.20. The molecule has 0 bridgehead atoms. The van der Waals surface area contributed by atoms with Gasteiger partial charge in [-0.3, -0.25) is 9.89 Å². The monoisotopic (exact) mass is 251 g/mol. The second-order valence-corrected chi connectivity index (χ2v) is 4.62. The molecule has 3 N–H and O–H groups in total. The van der Waals surface area contributed by atoms with E-state index in [4.69, 9.17) is 5.73 Å². The van der Waals surface area contributed by atoms with Crippen LogP contribution in [-0.4, -0.2) is 33.0 Å². The van der Waals surface area contributed by atoms with Gasteiger partial charge in [-0.15, -0.1) is 11.3 Å². The first-order valence-corrected chi connectivity index (χ1v) is 5.92. The Labute approximate surface area is 102 Å². The SMILES string of the molecule is Cc1nc(CN(C)C(=O)c2sccc2N)n[nH]1. The van der Waals surface area contributed by atoms with Crippen molar-refractivity contribution in [1.29, 1.82) is 0 Å². The molecule has 0 radical (unpaired) electrons. The fourth-order valence-electron chi connectivity index (χ4n) is 1.41. The molecule has 0 atom stereocenters. The minimum Gasteiger partial charge on any atom is -0.397 e. The summed E-state index contributed by atoms with van der Waals surface area (Å²) in [6.45, 7) is 2.18. The average molecular weight is 251 g/mol. The number of nitrogen functional groups attached to an aromatic ring is 1. The van der Waals surface area contributed by atoms with Gasteiger partial charge >= 0.3 is 0 Å². The third kappa shape index (κ3) is 2.44. The van der Waals surface area contributed by atoms with Crippen LogP contribution in [0, 0.1) is 6.92 Å². The summed E-state index contributed by atoms with van der Waals surface area (Å²) in [4.78, 5) is 18.3. The molecule has 1 amide bonds. The van der Waals surface area contributed by atoms with Crippen molar-refractivity contribution >= 4 is 22.9 Å². The van der Waals surface area contributed by atoms with E-state index in [2.05, 4.69) is 15.2 Å². The maximum atomic E-state index is 12.0. The van der Waals surface area contributed by atoms with Crippen LogP contribution >= 0.6 is 11.3 Å². The van der Waals surface area contributed by atoms with Crippen molar-refractivity contribution < 1.29 is 4.79 Å². The van der Waals surface area contributed by atoms with Crippen LogP contribution in [0.25, 0.3) is 0 Å². The lowest BCUT2D eigenvalue weighted by Gasteiger charge is -2.14. The Bertz CT molecular complexity index is 532. The molecule has 90 valence electrons. The van der Waals surface area contributed by atoms with Gasteiger partial charge in [-0.25, -0.2) is 4.98 Å². The van der Waals surface area contributed by atoms with E-state index in [-0.39, 0.29) is 5.91 Å². The van der Waals surface area contributed by atoms with Gasteiger partial charge in [-0.05, 0) is 18.4 Å². The van der Waals surface area contributed by atoms with E-state index < -0.39 is 0 Å². The van der Waals surface area contributed by atoms with E-state index in [1.165, 1.54) is 11.3 Å². The predicted octanol–water partition coefficient (Wildman–Crippen LogP) is 1.03. The number of rotatable bonds is 3. The lowest BCUT2D eigenvalue weighted by Crippen LogP contribution is -2.26. The molecule has 0 aliphatic carbocycles. The molecule has 0 aromatic carbocycles. The van der Waals surface area contributed by atoms with Crippen LogP contribution in [0.5, 0.6) is 0 Å². The van der Waals surface area contributed by atoms with Crippen LogP contribution in [0.1, 0.15) is 21.3 Å². The maximum Gasteiger partial charge on any atom is 0.266 e. The molecule has 0 saturated heterocycles. The minimum atomic E-state index is -0.111. The Morgan fingerprint density at radius 3 is 2.94 bits per heavy atom. The number of hydrogen-bond donors (Lipinski definition) is 2. The summed E-state index contributed by atoms with van der Waals surface area (Å²) in [6.07, 6.45) is 0. The zero-order valence-electron chi connectivity index (χ0n) is 9.60. The topological polar surface area (TPSA) is 87.9 Å². The van der Waals surface area contributed by atoms with Gasteiger partial charge in [-0.2, -0.15) is 5.10 Å². The maximum absolute atomic E-state index is 12.0. The van der Waals surface area contributed by atoms with E-state index in [0.29, 0.717) is 22.9 Å². The third-order valence-corrected chi connectivity index (χ3v) is 3.18. The Morgan fingerprint density at radius 2 is 2.41 bits per heavy atom. The van der Waals surface area contributed by atoms with Gasteiger partial charge in [0.2, 0.25) is 0 Å². The fraction of sp³-hybridized carbons (Fsp3) is 0.300. The van der Waals surface area contributed by atoms with E-state index in [0.717, 1.165) is 5.82 Å². The summed E-state index contributed by atoms with van der Waals surface area (Å²) in [7, 11) is 1.70. The molecule has 0 aliphatic rings. The highest BCUT2D eigenvalue weighted by molar-refractivity contribution is 7.12. The normalized spacial score (nSPS) is 10.5. The van der Waals surface area contributed by atoms with Crippen molar-refractivity contribution in [3.05, 3.63) is 28.0 Å². The zero-order chi connectivity index (χ0) is 12.4. The molecule has 0 aliphatic heterocycles. The summed E-state index contributed by atoms with van der Waals surface area (Å²) in [6, 6.07) is 1.72.